The fraction of sp³-hybridized carbons (Fsp3) is 0.182. The van der Waals surface area contributed by atoms with Crippen molar-refractivity contribution >= 4 is 33.8 Å². The van der Waals surface area contributed by atoms with Crippen molar-refractivity contribution in [3.05, 3.63) is 85.1 Å². The molecule has 4 rings (SSSR count). The van der Waals surface area contributed by atoms with Crippen LogP contribution in [0.1, 0.15) is 17.6 Å². The zero-order valence-electron chi connectivity index (χ0n) is 17.1. The van der Waals surface area contributed by atoms with Crippen LogP contribution in [0.25, 0.3) is 22.0 Å². The van der Waals surface area contributed by atoms with E-state index in [2.05, 4.69) is 10.1 Å². The van der Waals surface area contributed by atoms with Crippen LogP contribution in [0.2, 0.25) is 0 Å². The number of thiazole rings is 1. The number of hydrogen-bond donors (Lipinski definition) is 0. The van der Waals surface area contributed by atoms with Crippen LogP contribution in [0, 0.1) is 10.1 Å². The first-order chi connectivity index (χ1) is 15.5. The highest BCUT2D eigenvalue weighted by Gasteiger charge is 2.16. The standard InChI is InChI=1S/C22H18N4O5S/c1-2-31-21(27)11-18-16-5-3-4-6-17(16)22(28)25(24-18)12-20-23-19(13-32-20)14-7-9-15(10-8-14)26(29)30/h3-10,13H,2,11-12H2,1H3. The van der Waals surface area contributed by atoms with Crippen molar-refractivity contribution in [3.8, 4) is 11.3 Å². The summed E-state index contributed by atoms with van der Waals surface area (Å²) < 4.78 is 6.34. The van der Waals surface area contributed by atoms with Gasteiger partial charge in [0.2, 0.25) is 0 Å². The molecular formula is C22H18N4O5S. The third-order valence-electron chi connectivity index (χ3n) is 4.77. The maximum absolute atomic E-state index is 13.0. The Labute approximate surface area is 186 Å². The zero-order chi connectivity index (χ0) is 22.7. The van der Waals surface area contributed by atoms with Gasteiger partial charge in [0.15, 0.2) is 0 Å². The van der Waals surface area contributed by atoms with Crippen molar-refractivity contribution in [3.63, 3.8) is 0 Å². The number of aromatic nitrogens is 3. The predicted molar refractivity (Wildman–Crippen MR) is 120 cm³/mol. The molecule has 2 aromatic heterocycles. The van der Waals surface area contributed by atoms with Gasteiger partial charge in [0.1, 0.15) is 5.01 Å². The summed E-state index contributed by atoms with van der Waals surface area (Å²) >= 11 is 1.36. The van der Waals surface area contributed by atoms with Gasteiger partial charge in [-0.05, 0) is 25.1 Å². The van der Waals surface area contributed by atoms with E-state index in [1.807, 2.05) is 5.38 Å². The van der Waals surface area contributed by atoms with E-state index in [-0.39, 0.29) is 30.8 Å². The smallest absolute Gasteiger partial charge is 0.311 e. The van der Waals surface area contributed by atoms with E-state index in [4.69, 9.17) is 4.74 Å². The van der Waals surface area contributed by atoms with Crippen molar-refractivity contribution in [2.24, 2.45) is 0 Å². The fourth-order valence-electron chi connectivity index (χ4n) is 3.29. The van der Waals surface area contributed by atoms with Gasteiger partial charge >= 0.3 is 5.97 Å². The molecule has 0 aliphatic heterocycles. The predicted octanol–water partition coefficient (Wildman–Crippen LogP) is 3.58. The molecule has 0 saturated heterocycles. The molecule has 0 aliphatic carbocycles. The van der Waals surface area contributed by atoms with Gasteiger partial charge < -0.3 is 4.74 Å². The number of rotatable bonds is 7. The van der Waals surface area contributed by atoms with Gasteiger partial charge in [-0.25, -0.2) is 9.67 Å². The van der Waals surface area contributed by atoms with E-state index in [1.165, 1.54) is 28.2 Å². The molecule has 10 heteroatoms. The molecule has 0 amide bonds. The molecule has 0 radical (unpaired) electrons. The SMILES string of the molecule is CCOC(=O)Cc1nn(Cc2nc(-c3ccc([N+](=O)[O-])cc3)cs2)c(=O)c2ccccc12. The lowest BCUT2D eigenvalue weighted by molar-refractivity contribution is -0.384. The van der Waals surface area contributed by atoms with E-state index in [1.54, 1.807) is 43.3 Å². The van der Waals surface area contributed by atoms with E-state index < -0.39 is 10.9 Å². The molecular weight excluding hydrogens is 432 g/mol. The molecule has 0 aliphatic rings. The second-order valence-corrected chi connectivity index (χ2v) is 7.81. The molecule has 0 bridgehead atoms. The minimum atomic E-state index is -0.456. The second-order valence-electron chi connectivity index (χ2n) is 6.87. The summed E-state index contributed by atoms with van der Waals surface area (Å²) in [5.41, 5.74) is 1.58. The van der Waals surface area contributed by atoms with Crippen LogP contribution >= 0.6 is 11.3 Å². The van der Waals surface area contributed by atoms with Gasteiger partial charge in [-0.1, -0.05) is 18.2 Å². The fourth-order valence-corrected chi connectivity index (χ4v) is 4.07. The Morgan fingerprint density at radius 1 is 1.16 bits per heavy atom. The first-order valence-corrected chi connectivity index (χ1v) is 10.7. The zero-order valence-corrected chi connectivity index (χ0v) is 17.9. The number of carbonyl (C=O) groups excluding carboxylic acids is 1. The Morgan fingerprint density at radius 3 is 2.56 bits per heavy atom. The first kappa shape index (κ1) is 21.3. The van der Waals surface area contributed by atoms with Crippen molar-refractivity contribution in [2.75, 3.05) is 6.61 Å². The number of non-ortho nitro benzene ring substituents is 1. The van der Waals surface area contributed by atoms with E-state index in [0.717, 1.165) is 5.56 Å². The van der Waals surface area contributed by atoms with Crippen molar-refractivity contribution in [2.45, 2.75) is 19.9 Å². The number of ether oxygens (including phenoxy) is 1. The van der Waals surface area contributed by atoms with Crippen LogP contribution in [-0.4, -0.2) is 32.3 Å². The molecule has 0 spiro atoms. The Bertz CT molecular complexity index is 1360. The van der Waals surface area contributed by atoms with Gasteiger partial charge in [0.25, 0.3) is 11.2 Å². The molecule has 162 valence electrons. The minimum absolute atomic E-state index is 0.00486. The summed E-state index contributed by atoms with van der Waals surface area (Å²) in [5, 5.41) is 18.8. The number of esters is 1. The van der Waals surface area contributed by atoms with Crippen LogP contribution in [-0.2, 0) is 22.5 Å². The average molecular weight is 450 g/mol. The summed E-state index contributed by atoms with van der Waals surface area (Å²) in [4.78, 5) is 39.9. The maximum Gasteiger partial charge on any atom is 0.311 e. The number of nitro groups is 1. The number of carbonyl (C=O) groups is 1. The Balaban J connectivity index is 1.66. The minimum Gasteiger partial charge on any atom is -0.466 e. The van der Waals surface area contributed by atoms with Gasteiger partial charge in [0, 0.05) is 28.5 Å². The van der Waals surface area contributed by atoms with Gasteiger partial charge in [-0.3, -0.25) is 19.7 Å². The largest absolute Gasteiger partial charge is 0.466 e. The molecule has 4 aromatic rings. The molecule has 9 nitrogen and oxygen atoms in total. The van der Waals surface area contributed by atoms with Crippen molar-refractivity contribution in [1.82, 2.24) is 14.8 Å². The molecule has 0 fully saturated rings. The molecule has 0 atom stereocenters. The van der Waals surface area contributed by atoms with Gasteiger partial charge in [-0.15, -0.1) is 11.3 Å². The van der Waals surface area contributed by atoms with Gasteiger partial charge in [0.05, 0.1) is 41.3 Å². The van der Waals surface area contributed by atoms with Crippen molar-refractivity contribution in [1.29, 1.82) is 0 Å². The molecule has 2 aromatic carbocycles. The Morgan fingerprint density at radius 2 is 1.88 bits per heavy atom. The lowest BCUT2D eigenvalue weighted by Crippen LogP contribution is -2.26. The Kier molecular flexibility index (Phi) is 6.04. The molecule has 2 heterocycles. The third kappa shape index (κ3) is 4.40. The molecule has 0 N–H and O–H groups in total. The van der Waals surface area contributed by atoms with E-state index in [9.17, 15) is 19.7 Å². The normalized spacial score (nSPS) is 10.9. The highest BCUT2D eigenvalue weighted by molar-refractivity contribution is 7.09. The topological polar surface area (TPSA) is 117 Å². The number of hydrogen-bond acceptors (Lipinski definition) is 8. The molecule has 32 heavy (non-hydrogen) atoms. The quantitative estimate of drug-likeness (QED) is 0.240. The van der Waals surface area contributed by atoms with Crippen LogP contribution in [0.5, 0.6) is 0 Å². The maximum atomic E-state index is 13.0. The summed E-state index contributed by atoms with van der Waals surface area (Å²) in [6, 6.07) is 13.1. The lowest BCUT2D eigenvalue weighted by Gasteiger charge is -2.10. The van der Waals surface area contributed by atoms with Crippen LogP contribution in [0.15, 0.2) is 58.7 Å². The molecule has 0 saturated carbocycles. The third-order valence-corrected chi connectivity index (χ3v) is 5.61. The second kappa shape index (κ2) is 9.06. The van der Waals surface area contributed by atoms with Crippen LogP contribution < -0.4 is 5.56 Å². The van der Waals surface area contributed by atoms with Gasteiger partial charge in [-0.2, -0.15) is 5.10 Å². The highest BCUT2D eigenvalue weighted by atomic mass is 32.1. The van der Waals surface area contributed by atoms with E-state index >= 15 is 0 Å². The van der Waals surface area contributed by atoms with Crippen LogP contribution in [0.3, 0.4) is 0 Å². The number of nitro benzene ring substituents is 1. The Hall–Kier alpha value is -3.92. The number of benzene rings is 2. The monoisotopic (exact) mass is 450 g/mol. The summed E-state index contributed by atoms with van der Waals surface area (Å²) in [6.07, 6.45) is -0.0411. The summed E-state index contributed by atoms with van der Waals surface area (Å²) in [7, 11) is 0. The van der Waals surface area contributed by atoms with Crippen LogP contribution in [0.4, 0.5) is 5.69 Å². The van der Waals surface area contributed by atoms with Crippen molar-refractivity contribution < 1.29 is 14.5 Å². The lowest BCUT2D eigenvalue weighted by atomic mass is 10.1. The first-order valence-electron chi connectivity index (χ1n) is 9.80. The molecule has 0 unspecified atom stereocenters. The summed E-state index contributed by atoms with van der Waals surface area (Å²) in [6.45, 7) is 2.13. The number of nitrogens with zero attached hydrogens (tertiary/aromatic N) is 4. The number of fused-ring (bicyclic) bond motifs is 1. The highest BCUT2D eigenvalue weighted by Crippen LogP contribution is 2.24. The average Bonchev–Trinajstić information content (AvgIpc) is 3.26. The summed E-state index contributed by atoms with van der Waals surface area (Å²) in [5.74, 6) is -0.412. The van der Waals surface area contributed by atoms with E-state index in [0.29, 0.717) is 27.2 Å².